The van der Waals surface area contributed by atoms with Crippen molar-refractivity contribution in [3.05, 3.63) is 65.2 Å². The van der Waals surface area contributed by atoms with Gasteiger partial charge in [-0.15, -0.1) is 0 Å². The third-order valence-electron chi connectivity index (χ3n) is 2.87. The highest BCUT2D eigenvalue weighted by Gasteiger charge is 2.11. The van der Waals surface area contributed by atoms with Gasteiger partial charge in [-0.25, -0.2) is 0 Å². The van der Waals surface area contributed by atoms with E-state index in [2.05, 4.69) is 5.32 Å². The van der Waals surface area contributed by atoms with Crippen molar-refractivity contribution in [3.63, 3.8) is 0 Å². The normalized spacial score (nSPS) is 10.1. The highest BCUT2D eigenvalue weighted by Crippen LogP contribution is 2.16. The van der Waals surface area contributed by atoms with Gasteiger partial charge < -0.3 is 16.8 Å². The second-order valence-corrected chi connectivity index (χ2v) is 4.27. The molecule has 0 bridgehead atoms. The van der Waals surface area contributed by atoms with Crippen molar-refractivity contribution < 1.29 is 9.59 Å². The largest absolute Gasteiger partial charge is 0.366 e. The van der Waals surface area contributed by atoms with Crippen molar-refractivity contribution in [1.29, 1.82) is 0 Å². The molecule has 0 aliphatic heterocycles. The molecule has 0 aliphatic rings. The van der Waals surface area contributed by atoms with Gasteiger partial charge in [0, 0.05) is 12.1 Å². The first kappa shape index (κ1) is 13.8. The molecule has 5 heteroatoms. The molecule has 5 N–H and O–H groups in total. The number of nitrogens with one attached hydrogen (secondary N) is 1. The molecule has 0 unspecified atom stereocenters. The van der Waals surface area contributed by atoms with Crippen LogP contribution in [0.25, 0.3) is 0 Å². The molecule has 0 atom stereocenters. The number of amides is 2. The minimum atomic E-state index is -0.586. The molecule has 0 saturated carbocycles. The summed E-state index contributed by atoms with van der Waals surface area (Å²) in [6.45, 7) is 0.360. The summed E-state index contributed by atoms with van der Waals surface area (Å²) in [5.41, 5.74) is 12.8. The Morgan fingerprint density at radius 3 is 2.50 bits per heavy atom. The second-order valence-electron chi connectivity index (χ2n) is 4.27. The van der Waals surface area contributed by atoms with Crippen molar-refractivity contribution >= 4 is 17.5 Å². The van der Waals surface area contributed by atoms with Crippen LogP contribution in [-0.4, -0.2) is 11.8 Å². The first-order valence-electron chi connectivity index (χ1n) is 6.11. The molecular formula is C15H15N3O2. The molecule has 20 heavy (non-hydrogen) atoms. The Balaban J connectivity index is 2.25. The number of para-hydroxylation sites is 1. The first-order valence-corrected chi connectivity index (χ1v) is 6.11. The standard InChI is InChI=1S/C15H15N3O2/c16-9-10-4-3-5-11(8-10)15(20)18-13-7-2-1-6-12(13)14(17)19/h1-8H,9,16H2,(H2,17,19)(H,18,20). The SMILES string of the molecule is NCc1cccc(C(=O)Nc2ccccc2C(N)=O)c1. The van der Waals surface area contributed by atoms with Crippen molar-refractivity contribution in [2.24, 2.45) is 11.5 Å². The van der Waals surface area contributed by atoms with Gasteiger partial charge in [0.05, 0.1) is 11.3 Å². The number of nitrogens with two attached hydrogens (primary N) is 2. The van der Waals surface area contributed by atoms with Crippen molar-refractivity contribution in [2.75, 3.05) is 5.32 Å². The monoisotopic (exact) mass is 269 g/mol. The van der Waals surface area contributed by atoms with E-state index in [9.17, 15) is 9.59 Å². The topological polar surface area (TPSA) is 98.2 Å². The summed E-state index contributed by atoms with van der Waals surface area (Å²) >= 11 is 0. The average molecular weight is 269 g/mol. The van der Waals surface area contributed by atoms with E-state index in [1.807, 2.05) is 6.07 Å². The number of rotatable bonds is 4. The zero-order chi connectivity index (χ0) is 14.5. The predicted octanol–water partition coefficient (Wildman–Crippen LogP) is 1.50. The summed E-state index contributed by atoms with van der Waals surface area (Å²) in [5.74, 6) is -0.898. The van der Waals surface area contributed by atoms with Crippen LogP contribution in [-0.2, 0) is 6.54 Å². The minimum absolute atomic E-state index is 0.274. The van der Waals surface area contributed by atoms with Crippen molar-refractivity contribution in [1.82, 2.24) is 0 Å². The fourth-order valence-electron chi connectivity index (χ4n) is 1.84. The Labute approximate surface area is 116 Å². The zero-order valence-corrected chi connectivity index (χ0v) is 10.8. The molecule has 0 fully saturated rings. The molecule has 0 radical (unpaired) electrons. The highest BCUT2D eigenvalue weighted by atomic mass is 16.2. The smallest absolute Gasteiger partial charge is 0.255 e. The van der Waals surface area contributed by atoms with E-state index >= 15 is 0 Å². The third kappa shape index (κ3) is 3.02. The van der Waals surface area contributed by atoms with Gasteiger partial charge >= 0.3 is 0 Å². The number of carbonyl (C=O) groups is 2. The van der Waals surface area contributed by atoms with E-state index in [0.717, 1.165) is 5.56 Å². The van der Waals surface area contributed by atoms with Gasteiger partial charge in [0.15, 0.2) is 0 Å². The Bertz CT molecular complexity index is 653. The molecule has 5 nitrogen and oxygen atoms in total. The maximum absolute atomic E-state index is 12.2. The maximum Gasteiger partial charge on any atom is 0.255 e. The quantitative estimate of drug-likeness (QED) is 0.784. The van der Waals surface area contributed by atoms with Crippen LogP contribution in [0.5, 0.6) is 0 Å². The van der Waals surface area contributed by atoms with Crippen LogP contribution in [0.1, 0.15) is 26.3 Å². The van der Waals surface area contributed by atoms with Gasteiger partial charge in [-0.05, 0) is 29.8 Å². The average Bonchev–Trinajstić information content (AvgIpc) is 2.47. The molecule has 0 aliphatic carbocycles. The summed E-state index contributed by atoms with van der Waals surface area (Å²) in [6, 6.07) is 13.6. The maximum atomic E-state index is 12.2. The number of hydrogen-bond acceptors (Lipinski definition) is 3. The number of hydrogen-bond donors (Lipinski definition) is 3. The van der Waals surface area contributed by atoms with Crippen LogP contribution in [0.2, 0.25) is 0 Å². The summed E-state index contributed by atoms with van der Waals surface area (Å²) in [6.07, 6.45) is 0. The third-order valence-corrected chi connectivity index (χ3v) is 2.87. The van der Waals surface area contributed by atoms with Gasteiger partial charge in [-0.3, -0.25) is 9.59 Å². The van der Waals surface area contributed by atoms with E-state index in [0.29, 0.717) is 17.8 Å². The van der Waals surface area contributed by atoms with E-state index < -0.39 is 5.91 Å². The van der Waals surface area contributed by atoms with Crippen LogP contribution >= 0.6 is 0 Å². The fraction of sp³-hybridized carbons (Fsp3) is 0.0667. The molecule has 0 aromatic heterocycles. The van der Waals surface area contributed by atoms with E-state index in [1.54, 1.807) is 42.5 Å². The lowest BCUT2D eigenvalue weighted by Crippen LogP contribution is -2.18. The molecule has 2 aromatic carbocycles. The van der Waals surface area contributed by atoms with Gasteiger partial charge in [-0.1, -0.05) is 24.3 Å². The van der Waals surface area contributed by atoms with Gasteiger partial charge in [-0.2, -0.15) is 0 Å². The molecule has 2 amide bonds. The van der Waals surface area contributed by atoms with E-state index in [1.165, 1.54) is 0 Å². The van der Waals surface area contributed by atoms with Crippen LogP contribution in [0, 0.1) is 0 Å². The second kappa shape index (κ2) is 5.99. The molecule has 102 valence electrons. The summed E-state index contributed by atoms with van der Waals surface area (Å²) in [5, 5.41) is 2.68. The minimum Gasteiger partial charge on any atom is -0.366 e. The summed E-state index contributed by atoms with van der Waals surface area (Å²) < 4.78 is 0. The lowest BCUT2D eigenvalue weighted by atomic mass is 10.1. The molecule has 0 saturated heterocycles. The number of primary amides is 1. The Kier molecular flexibility index (Phi) is 4.12. The number of carbonyl (C=O) groups excluding carboxylic acids is 2. The van der Waals surface area contributed by atoms with Crippen LogP contribution in [0.15, 0.2) is 48.5 Å². The first-order chi connectivity index (χ1) is 9.61. The van der Waals surface area contributed by atoms with Gasteiger partial charge in [0.25, 0.3) is 11.8 Å². The number of benzene rings is 2. The lowest BCUT2D eigenvalue weighted by Gasteiger charge is -2.09. The number of anilines is 1. The highest BCUT2D eigenvalue weighted by molar-refractivity contribution is 6.08. The van der Waals surface area contributed by atoms with Crippen molar-refractivity contribution in [3.8, 4) is 0 Å². The van der Waals surface area contributed by atoms with Gasteiger partial charge in [0.2, 0.25) is 0 Å². The Hall–Kier alpha value is -2.66. The Morgan fingerprint density at radius 2 is 1.80 bits per heavy atom. The molecular weight excluding hydrogens is 254 g/mol. The molecule has 0 heterocycles. The molecule has 2 aromatic rings. The zero-order valence-electron chi connectivity index (χ0n) is 10.8. The molecule has 2 rings (SSSR count). The lowest BCUT2D eigenvalue weighted by molar-refractivity contribution is 0.100. The van der Waals surface area contributed by atoms with E-state index in [4.69, 9.17) is 11.5 Å². The molecule has 0 spiro atoms. The van der Waals surface area contributed by atoms with Crippen LogP contribution in [0.3, 0.4) is 0 Å². The fourth-order valence-corrected chi connectivity index (χ4v) is 1.84. The van der Waals surface area contributed by atoms with E-state index in [-0.39, 0.29) is 11.5 Å². The summed E-state index contributed by atoms with van der Waals surface area (Å²) in [7, 11) is 0. The summed E-state index contributed by atoms with van der Waals surface area (Å²) in [4.78, 5) is 23.4. The van der Waals surface area contributed by atoms with Crippen molar-refractivity contribution in [2.45, 2.75) is 6.54 Å². The predicted molar refractivity (Wildman–Crippen MR) is 77.2 cm³/mol. The van der Waals surface area contributed by atoms with Gasteiger partial charge in [0.1, 0.15) is 0 Å². The van der Waals surface area contributed by atoms with Crippen LogP contribution in [0.4, 0.5) is 5.69 Å². The van der Waals surface area contributed by atoms with Crippen LogP contribution < -0.4 is 16.8 Å². The Morgan fingerprint density at radius 1 is 1.05 bits per heavy atom.